The van der Waals surface area contributed by atoms with Crippen molar-refractivity contribution in [1.82, 2.24) is 14.7 Å². The fourth-order valence-electron chi connectivity index (χ4n) is 3.16. The Bertz CT molecular complexity index is 928. The standard InChI is InChI=1S/C21H21Cl2N3O2.ClH/c22-18-7-6-17(14-19(18)23)26-20(16-4-2-1-3-5-16)15-21(24-26)28-13-10-25-8-11-27-12-9-25;/h1-7,14-15H,8-13H2;1H. The third-order valence-electron chi connectivity index (χ3n) is 4.67. The van der Waals surface area contributed by atoms with E-state index in [2.05, 4.69) is 10.00 Å². The number of halogens is 3. The first-order chi connectivity index (χ1) is 13.7. The van der Waals surface area contributed by atoms with Crippen molar-refractivity contribution in [1.29, 1.82) is 0 Å². The van der Waals surface area contributed by atoms with Gasteiger partial charge in [-0.3, -0.25) is 4.90 Å². The Labute approximate surface area is 186 Å². The maximum atomic E-state index is 6.22. The highest BCUT2D eigenvalue weighted by Gasteiger charge is 2.15. The van der Waals surface area contributed by atoms with E-state index in [1.165, 1.54) is 0 Å². The van der Waals surface area contributed by atoms with Gasteiger partial charge in [-0.1, -0.05) is 53.5 Å². The van der Waals surface area contributed by atoms with Gasteiger partial charge in [-0.2, -0.15) is 0 Å². The van der Waals surface area contributed by atoms with E-state index in [4.69, 9.17) is 32.7 Å². The predicted molar refractivity (Wildman–Crippen MR) is 119 cm³/mol. The minimum atomic E-state index is 0. The lowest BCUT2D eigenvalue weighted by atomic mass is 10.1. The first-order valence-corrected chi connectivity index (χ1v) is 10.00. The molecule has 1 aromatic heterocycles. The van der Waals surface area contributed by atoms with Crippen molar-refractivity contribution in [2.45, 2.75) is 0 Å². The SMILES string of the molecule is Cl.Clc1ccc(-n2nc(OCCN3CCOCC3)cc2-c2ccccc2)cc1Cl. The van der Waals surface area contributed by atoms with Gasteiger partial charge in [0.05, 0.1) is 34.6 Å². The van der Waals surface area contributed by atoms with Crippen LogP contribution >= 0.6 is 35.6 Å². The summed E-state index contributed by atoms with van der Waals surface area (Å²) >= 11 is 12.3. The topological polar surface area (TPSA) is 39.5 Å². The Morgan fingerprint density at radius 1 is 0.966 bits per heavy atom. The molecule has 8 heteroatoms. The maximum absolute atomic E-state index is 6.22. The van der Waals surface area contributed by atoms with E-state index >= 15 is 0 Å². The van der Waals surface area contributed by atoms with Crippen LogP contribution in [0.4, 0.5) is 0 Å². The fraction of sp³-hybridized carbons (Fsp3) is 0.286. The number of nitrogens with zero attached hydrogens (tertiary/aromatic N) is 3. The van der Waals surface area contributed by atoms with E-state index in [0.717, 1.165) is 49.8 Å². The second kappa shape index (κ2) is 10.3. The molecular weight excluding hydrogens is 433 g/mol. The monoisotopic (exact) mass is 453 g/mol. The van der Waals surface area contributed by atoms with E-state index < -0.39 is 0 Å². The normalized spacial score (nSPS) is 14.4. The van der Waals surface area contributed by atoms with Crippen molar-refractivity contribution in [3.8, 4) is 22.8 Å². The molecule has 2 aromatic carbocycles. The summed E-state index contributed by atoms with van der Waals surface area (Å²) in [6, 6.07) is 17.5. The smallest absolute Gasteiger partial charge is 0.233 e. The summed E-state index contributed by atoms with van der Waals surface area (Å²) in [4.78, 5) is 2.33. The molecule has 29 heavy (non-hydrogen) atoms. The van der Waals surface area contributed by atoms with Gasteiger partial charge in [-0.05, 0) is 18.2 Å². The Hall–Kier alpha value is -1.76. The lowest BCUT2D eigenvalue weighted by molar-refractivity contribution is 0.0320. The molecule has 0 N–H and O–H groups in total. The molecule has 0 radical (unpaired) electrons. The van der Waals surface area contributed by atoms with E-state index in [0.29, 0.717) is 22.5 Å². The van der Waals surface area contributed by atoms with Crippen LogP contribution < -0.4 is 4.74 Å². The number of morpholine rings is 1. The summed E-state index contributed by atoms with van der Waals surface area (Å²) in [5.41, 5.74) is 2.81. The predicted octanol–water partition coefficient (Wildman–Crippen LogP) is 4.98. The Morgan fingerprint density at radius 2 is 1.72 bits per heavy atom. The molecule has 0 unspecified atom stereocenters. The summed E-state index contributed by atoms with van der Waals surface area (Å²) in [6.07, 6.45) is 0. The molecule has 1 aliphatic heterocycles. The first kappa shape index (κ1) is 21.9. The lowest BCUT2D eigenvalue weighted by Crippen LogP contribution is -2.38. The molecule has 2 heterocycles. The number of aromatic nitrogens is 2. The molecule has 4 rings (SSSR count). The third kappa shape index (κ3) is 5.44. The van der Waals surface area contributed by atoms with Gasteiger partial charge in [-0.25, -0.2) is 4.68 Å². The van der Waals surface area contributed by atoms with Crippen molar-refractivity contribution in [2.24, 2.45) is 0 Å². The molecule has 3 aromatic rings. The van der Waals surface area contributed by atoms with Crippen LogP contribution in [0.25, 0.3) is 16.9 Å². The quantitative estimate of drug-likeness (QED) is 0.527. The Balaban J connectivity index is 0.00000240. The van der Waals surface area contributed by atoms with Gasteiger partial charge in [-0.15, -0.1) is 17.5 Å². The second-order valence-electron chi connectivity index (χ2n) is 6.55. The van der Waals surface area contributed by atoms with Crippen molar-refractivity contribution in [2.75, 3.05) is 39.5 Å². The van der Waals surface area contributed by atoms with Crippen molar-refractivity contribution >= 4 is 35.6 Å². The zero-order valence-electron chi connectivity index (χ0n) is 15.8. The number of hydrogen-bond donors (Lipinski definition) is 0. The summed E-state index contributed by atoms with van der Waals surface area (Å²) in [7, 11) is 0. The molecule has 0 amide bonds. The zero-order valence-corrected chi connectivity index (χ0v) is 18.1. The third-order valence-corrected chi connectivity index (χ3v) is 5.40. The summed E-state index contributed by atoms with van der Waals surface area (Å²) in [5.74, 6) is 0.582. The van der Waals surface area contributed by atoms with Gasteiger partial charge in [0.1, 0.15) is 6.61 Å². The largest absolute Gasteiger partial charge is 0.475 e. The van der Waals surface area contributed by atoms with Gasteiger partial charge in [0, 0.05) is 31.3 Å². The summed E-state index contributed by atoms with van der Waals surface area (Å²) < 4.78 is 13.2. The Kier molecular flexibility index (Phi) is 7.81. The minimum absolute atomic E-state index is 0. The van der Waals surface area contributed by atoms with Crippen molar-refractivity contribution < 1.29 is 9.47 Å². The van der Waals surface area contributed by atoms with E-state index in [9.17, 15) is 0 Å². The van der Waals surface area contributed by atoms with Crippen LogP contribution in [0.15, 0.2) is 54.6 Å². The zero-order chi connectivity index (χ0) is 19.3. The van der Waals surface area contributed by atoms with Gasteiger partial charge in [0.15, 0.2) is 0 Å². The first-order valence-electron chi connectivity index (χ1n) is 9.24. The van der Waals surface area contributed by atoms with E-state index in [1.54, 1.807) is 12.1 Å². The van der Waals surface area contributed by atoms with Crippen LogP contribution in [0.1, 0.15) is 0 Å². The fourth-order valence-corrected chi connectivity index (χ4v) is 3.45. The molecule has 0 bridgehead atoms. The van der Waals surface area contributed by atoms with Gasteiger partial charge in [0.25, 0.3) is 0 Å². The van der Waals surface area contributed by atoms with Crippen molar-refractivity contribution in [3.05, 3.63) is 64.6 Å². The minimum Gasteiger partial charge on any atom is -0.475 e. The van der Waals surface area contributed by atoms with Gasteiger partial charge < -0.3 is 9.47 Å². The van der Waals surface area contributed by atoms with Crippen LogP contribution in [-0.4, -0.2) is 54.1 Å². The average molecular weight is 455 g/mol. The average Bonchev–Trinajstić information content (AvgIpc) is 3.16. The van der Waals surface area contributed by atoms with Crippen LogP contribution in [-0.2, 0) is 4.74 Å². The number of ether oxygens (including phenoxy) is 2. The summed E-state index contributed by atoms with van der Waals surface area (Å²) in [6.45, 7) is 4.87. The summed E-state index contributed by atoms with van der Waals surface area (Å²) in [5, 5.41) is 5.66. The molecule has 154 valence electrons. The molecule has 0 atom stereocenters. The molecule has 0 aliphatic carbocycles. The Morgan fingerprint density at radius 3 is 2.45 bits per heavy atom. The number of benzene rings is 2. The van der Waals surface area contributed by atoms with Crippen LogP contribution in [0.2, 0.25) is 10.0 Å². The van der Waals surface area contributed by atoms with Crippen LogP contribution in [0, 0.1) is 0 Å². The highest BCUT2D eigenvalue weighted by atomic mass is 35.5. The van der Waals surface area contributed by atoms with Crippen LogP contribution in [0.3, 0.4) is 0 Å². The maximum Gasteiger partial charge on any atom is 0.233 e. The van der Waals surface area contributed by atoms with Crippen LogP contribution in [0.5, 0.6) is 5.88 Å². The highest BCUT2D eigenvalue weighted by Crippen LogP contribution is 2.30. The molecule has 0 spiro atoms. The number of hydrogen-bond acceptors (Lipinski definition) is 4. The number of rotatable bonds is 6. The molecule has 5 nitrogen and oxygen atoms in total. The van der Waals surface area contributed by atoms with E-state index in [-0.39, 0.29) is 12.4 Å². The van der Waals surface area contributed by atoms with Gasteiger partial charge >= 0.3 is 0 Å². The molecule has 1 saturated heterocycles. The van der Waals surface area contributed by atoms with Gasteiger partial charge in [0.2, 0.25) is 5.88 Å². The molecule has 1 aliphatic rings. The molecular formula is C21H22Cl3N3O2. The molecule has 0 saturated carbocycles. The van der Waals surface area contributed by atoms with Crippen molar-refractivity contribution in [3.63, 3.8) is 0 Å². The highest BCUT2D eigenvalue weighted by molar-refractivity contribution is 6.42. The molecule has 1 fully saturated rings. The lowest BCUT2D eigenvalue weighted by Gasteiger charge is -2.26. The second-order valence-corrected chi connectivity index (χ2v) is 7.36. The van der Waals surface area contributed by atoms with E-state index in [1.807, 2.05) is 47.1 Å².